The first-order valence-corrected chi connectivity index (χ1v) is 11.8. The largest absolute Gasteiger partial charge is 0.277 e. The predicted octanol–water partition coefficient (Wildman–Crippen LogP) is 7.02. The van der Waals surface area contributed by atoms with Crippen molar-refractivity contribution in [3.05, 3.63) is 87.5 Å². The van der Waals surface area contributed by atoms with Crippen LogP contribution in [0, 0.1) is 13.8 Å². The lowest BCUT2D eigenvalue weighted by Gasteiger charge is -2.19. The van der Waals surface area contributed by atoms with E-state index in [0.29, 0.717) is 21.6 Å². The number of halogens is 1. The van der Waals surface area contributed by atoms with Crippen molar-refractivity contribution in [1.82, 2.24) is 9.97 Å². The Morgan fingerprint density at radius 3 is 2.55 bits per heavy atom. The quantitative estimate of drug-likeness (QED) is 0.287. The van der Waals surface area contributed by atoms with Crippen LogP contribution in [0.5, 0.6) is 0 Å². The van der Waals surface area contributed by atoms with E-state index in [2.05, 4.69) is 31.0 Å². The van der Waals surface area contributed by atoms with Gasteiger partial charge in [-0.2, -0.15) is 0 Å². The molecular formula is C24H18ClN3OS2. The molecule has 0 spiro atoms. The Kier molecular flexibility index (Phi) is 5.22. The number of aromatic nitrogens is 2. The average molecular weight is 464 g/mol. The number of pyridine rings is 1. The van der Waals surface area contributed by atoms with E-state index in [4.69, 9.17) is 16.6 Å². The third-order valence-electron chi connectivity index (χ3n) is 5.24. The second kappa shape index (κ2) is 8.04. The number of thiazole rings is 1. The van der Waals surface area contributed by atoms with Crippen molar-refractivity contribution in [3.63, 3.8) is 0 Å². The third kappa shape index (κ3) is 3.71. The van der Waals surface area contributed by atoms with Crippen LogP contribution in [0.25, 0.3) is 20.3 Å². The number of fused-ring (bicyclic) bond motifs is 2. The van der Waals surface area contributed by atoms with Crippen molar-refractivity contribution in [1.29, 1.82) is 0 Å². The van der Waals surface area contributed by atoms with E-state index in [1.807, 2.05) is 42.5 Å². The lowest BCUT2D eigenvalue weighted by atomic mass is 10.1. The highest BCUT2D eigenvalue weighted by Crippen LogP contribution is 2.38. The van der Waals surface area contributed by atoms with Crippen LogP contribution >= 0.6 is 34.3 Å². The van der Waals surface area contributed by atoms with Crippen molar-refractivity contribution in [2.45, 2.75) is 20.4 Å². The molecule has 7 heteroatoms. The number of amides is 1. The molecule has 0 N–H and O–H groups in total. The van der Waals surface area contributed by atoms with Crippen molar-refractivity contribution >= 4 is 65.6 Å². The van der Waals surface area contributed by atoms with Gasteiger partial charge in [0.25, 0.3) is 5.91 Å². The maximum atomic E-state index is 13.7. The van der Waals surface area contributed by atoms with E-state index in [9.17, 15) is 4.79 Å². The highest BCUT2D eigenvalue weighted by molar-refractivity contribution is 7.23. The number of carbonyl (C=O) groups excluding carboxylic acids is 1. The second-order valence-corrected chi connectivity index (χ2v) is 9.79. The number of benzene rings is 2. The molecule has 5 rings (SSSR count). The van der Waals surface area contributed by atoms with Gasteiger partial charge < -0.3 is 0 Å². The van der Waals surface area contributed by atoms with Crippen LogP contribution in [0.15, 0.2) is 60.8 Å². The Morgan fingerprint density at radius 2 is 1.77 bits per heavy atom. The Bertz CT molecular complexity index is 1390. The van der Waals surface area contributed by atoms with Gasteiger partial charge in [0.15, 0.2) is 5.13 Å². The summed E-state index contributed by atoms with van der Waals surface area (Å²) in [6, 6.07) is 17.7. The molecular weight excluding hydrogens is 446 g/mol. The molecule has 3 heterocycles. The zero-order chi connectivity index (χ0) is 21.5. The van der Waals surface area contributed by atoms with Gasteiger partial charge in [-0.05, 0) is 55.3 Å². The number of anilines is 1. The molecule has 0 saturated heterocycles. The maximum Gasteiger partial charge on any atom is 0.272 e. The maximum absolute atomic E-state index is 13.7. The predicted molar refractivity (Wildman–Crippen MR) is 131 cm³/mol. The first-order valence-electron chi connectivity index (χ1n) is 9.78. The monoisotopic (exact) mass is 463 g/mol. The highest BCUT2D eigenvalue weighted by atomic mass is 35.5. The van der Waals surface area contributed by atoms with E-state index in [1.165, 1.54) is 33.8 Å². The first-order chi connectivity index (χ1) is 15.0. The Hall–Kier alpha value is -2.80. The van der Waals surface area contributed by atoms with Crippen LogP contribution in [0.4, 0.5) is 5.13 Å². The van der Waals surface area contributed by atoms with Crippen LogP contribution in [0.1, 0.15) is 26.5 Å². The summed E-state index contributed by atoms with van der Waals surface area (Å²) in [4.78, 5) is 25.2. The zero-order valence-corrected chi connectivity index (χ0v) is 19.3. The number of carbonyl (C=O) groups is 1. The van der Waals surface area contributed by atoms with Crippen LogP contribution in [-0.2, 0) is 6.54 Å². The number of aryl methyl sites for hydroxylation is 2. The summed E-state index contributed by atoms with van der Waals surface area (Å²) in [6.07, 6.45) is 1.73. The summed E-state index contributed by atoms with van der Waals surface area (Å²) >= 11 is 9.56. The fourth-order valence-corrected chi connectivity index (χ4v) is 5.94. The van der Waals surface area contributed by atoms with Gasteiger partial charge in [0, 0.05) is 16.3 Å². The van der Waals surface area contributed by atoms with Gasteiger partial charge in [0.2, 0.25) is 0 Å². The topological polar surface area (TPSA) is 46.1 Å². The summed E-state index contributed by atoms with van der Waals surface area (Å²) in [6.45, 7) is 4.48. The Morgan fingerprint density at radius 1 is 1.00 bits per heavy atom. The summed E-state index contributed by atoms with van der Waals surface area (Å²) in [5.41, 5.74) is 4.07. The minimum atomic E-state index is -0.163. The summed E-state index contributed by atoms with van der Waals surface area (Å²) in [5.74, 6) is -0.163. The molecule has 3 aromatic heterocycles. The normalized spacial score (nSPS) is 11.3. The molecule has 0 atom stereocenters. The molecule has 0 aliphatic carbocycles. The van der Waals surface area contributed by atoms with E-state index in [-0.39, 0.29) is 5.91 Å². The van der Waals surface area contributed by atoms with Gasteiger partial charge in [-0.3, -0.25) is 14.7 Å². The van der Waals surface area contributed by atoms with Crippen LogP contribution in [0.3, 0.4) is 0 Å². The van der Waals surface area contributed by atoms with E-state index in [0.717, 1.165) is 26.0 Å². The molecule has 0 aliphatic rings. The van der Waals surface area contributed by atoms with E-state index >= 15 is 0 Å². The minimum Gasteiger partial charge on any atom is -0.277 e. The second-order valence-electron chi connectivity index (χ2n) is 7.35. The van der Waals surface area contributed by atoms with E-state index in [1.54, 1.807) is 11.1 Å². The lowest BCUT2D eigenvalue weighted by molar-refractivity contribution is 0.0989. The molecule has 1 amide bonds. The number of rotatable bonds is 4. The average Bonchev–Trinajstić information content (AvgIpc) is 3.33. The molecule has 4 nitrogen and oxygen atoms in total. The Labute approximate surface area is 192 Å². The standard InChI is InChI=1S/C24H18ClN3OS2/c1-14-11-18-20(12-15(14)2)31-24(27-18)28(13-16-7-5-6-10-26-16)23(29)22-21(25)17-8-3-4-9-19(17)30-22/h3-12H,13H2,1-2H3. The zero-order valence-electron chi connectivity index (χ0n) is 16.9. The summed E-state index contributed by atoms with van der Waals surface area (Å²) < 4.78 is 2.04. The molecule has 154 valence electrons. The van der Waals surface area contributed by atoms with Crippen molar-refractivity contribution in [2.24, 2.45) is 0 Å². The number of hydrogen-bond donors (Lipinski definition) is 0. The molecule has 0 saturated carbocycles. The van der Waals surface area contributed by atoms with Gasteiger partial charge in [0.1, 0.15) is 4.88 Å². The smallest absolute Gasteiger partial charge is 0.272 e. The molecule has 0 unspecified atom stereocenters. The molecule has 2 aromatic carbocycles. The highest BCUT2D eigenvalue weighted by Gasteiger charge is 2.26. The number of thiophene rings is 1. The first kappa shape index (κ1) is 20.1. The van der Waals surface area contributed by atoms with Crippen LogP contribution < -0.4 is 4.90 Å². The van der Waals surface area contributed by atoms with Gasteiger partial charge in [-0.25, -0.2) is 4.98 Å². The van der Waals surface area contributed by atoms with Crippen molar-refractivity contribution in [2.75, 3.05) is 4.90 Å². The van der Waals surface area contributed by atoms with Gasteiger partial charge in [-0.15, -0.1) is 11.3 Å². The van der Waals surface area contributed by atoms with Crippen LogP contribution in [0.2, 0.25) is 5.02 Å². The van der Waals surface area contributed by atoms with Crippen molar-refractivity contribution < 1.29 is 4.79 Å². The van der Waals surface area contributed by atoms with Crippen LogP contribution in [-0.4, -0.2) is 15.9 Å². The molecule has 5 aromatic rings. The lowest BCUT2D eigenvalue weighted by Crippen LogP contribution is -2.30. The number of nitrogens with zero attached hydrogens (tertiary/aromatic N) is 3. The van der Waals surface area contributed by atoms with Gasteiger partial charge >= 0.3 is 0 Å². The SMILES string of the molecule is Cc1cc2nc(N(Cc3ccccn3)C(=O)c3sc4ccccc4c3Cl)sc2cc1C. The fourth-order valence-electron chi connectivity index (χ4n) is 3.44. The summed E-state index contributed by atoms with van der Waals surface area (Å²) in [5, 5.41) is 2.03. The Balaban J connectivity index is 1.63. The van der Waals surface area contributed by atoms with Gasteiger partial charge in [-0.1, -0.05) is 47.2 Å². The molecule has 0 aliphatic heterocycles. The number of hydrogen-bond acceptors (Lipinski definition) is 5. The summed E-state index contributed by atoms with van der Waals surface area (Å²) in [7, 11) is 0. The van der Waals surface area contributed by atoms with Crippen molar-refractivity contribution in [3.8, 4) is 0 Å². The van der Waals surface area contributed by atoms with E-state index < -0.39 is 0 Å². The molecule has 31 heavy (non-hydrogen) atoms. The van der Waals surface area contributed by atoms with Gasteiger partial charge in [0.05, 0.1) is 27.5 Å². The molecule has 0 radical (unpaired) electrons. The fraction of sp³-hybridized carbons (Fsp3) is 0.125. The minimum absolute atomic E-state index is 0.163. The molecule has 0 fully saturated rings. The molecule has 0 bridgehead atoms. The third-order valence-corrected chi connectivity index (χ3v) is 7.95.